The van der Waals surface area contributed by atoms with E-state index >= 15 is 0 Å². The first-order chi connectivity index (χ1) is 14.0. The standard InChI is InChI=1S/C22H23N5OS/c1-4-12-27-20(17-10-7-8-15(2)13-17)25-26-22(27)29-16(3)21(28)24-19-11-6-5-9-18(19)14-23/h5-11,13,16H,4,12H2,1-3H3,(H,24,28). The van der Waals surface area contributed by atoms with E-state index in [1.54, 1.807) is 24.3 Å². The van der Waals surface area contributed by atoms with Crippen molar-refractivity contribution in [3.8, 4) is 17.5 Å². The third-order valence-corrected chi connectivity index (χ3v) is 5.48. The molecule has 6 nitrogen and oxygen atoms in total. The zero-order chi connectivity index (χ0) is 20.8. The maximum Gasteiger partial charge on any atom is 0.237 e. The number of aryl methyl sites for hydroxylation is 1. The van der Waals surface area contributed by atoms with Crippen molar-refractivity contribution < 1.29 is 4.79 Å². The molecule has 0 aliphatic rings. The summed E-state index contributed by atoms with van der Waals surface area (Å²) in [5.41, 5.74) is 3.13. The molecule has 1 N–H and O–H groups in total. The second kappa shape index (κ2) is 9.39. The van der Waals surface area contributed by atoms with Crippen LogP contribution in [0.5, 0.6) is 0 Å². The maximum atomic E-state index is 12.7. The molecule has 3 rings (SSSR count). The lowest BCUT2D eigenvalue weighted by molar-refractivity contribution is -0.115. The first-order valence-electron chi connectivity index (χ1n) is 9.50. The van der Waals surface area contributed by atoms with E-state index < -0.39 is 5.25 Å². The normalized spacial score (nSPS) is 11.7. The van der Waals surface area contributed by atoms with E-state index in [2.05, 4.69) is 39.1 Å². The fourth-order valence-corrected chi connectivity index (χ4v) is 3.81. The van der Waals surface area contributed by atoms with E-state index in [1.165, 1.54) is 11.8 Å². The van der Waals surface area contributed by atoms with Gasteiger partial charge in [-0.05, 0) is 38.5 Å². The summed E-state index contributed by atoms with van der Waals surface area (Å²) < 4.78 is 2.06. The molecule has 7 heteroatoms. The van der Waals surface area contributed by atoms with Crippen molar-refractivity contribution in [2.24, 2.45) is 0 Å². The highest BCUT2D eigenvalue weighted by molar-refractivity contribution is 8.00. The lowest BCUT2D eigenvalue weighted by Crippen LogP contribution is -2.23. The lowest BCUT2D eigenvalue weighted by atomic mass is 10.1. The van der Waals surface area contributed by atoms with Crippen LogP contribution in [0.2, 0.25) is 0 Å². The Labute approximate surface area is 175 Å². The summed E-state index contributed by atoms with van der Waals surface area (Å²) in [6, 6.07) is 17.2. The molecule has 29 heavy (non-hydrogen) atoms. The van der Waals surface area contributed by atoms with Gasteiger partial charge in [0, 0.05) is 12.1 Å². The molecule has 0 radical (unpaired) electrons. The Bertz CT molecular complexity index is 1050. The van der Waals surface area contributed by atoms with E-state index in [9.17, 15) is 10.1 Å². The number of amides is 1. The highest BCUT2D eigenvalue weighted by Crippen LogP contribution is 2.28. The van der Waals surface area contributed by atoms with Crippen LogP contribution in [0.25, 0.3) is 11.4 Å². The van der Waals surface area contributed by atoms with Gasteiger partial charge in [-0.25, -0.2) is 0 Å². The number of carbonyl (C=O) groups is 1. The average Bonchev–Trinajstić information content (AvgIpc) is 3.11. The van der Waals surface area contributed by atoms with Crippen molar-refractivity contribution in [3.05, 3.63) is 59.7 Å². The molecule has 1 amide bonds. The van der Waals surface area contributed by atoms with Crippen molar-refractivity contribution in [1.29, 1.82) is 5.26 Å². The summed E-state index contributed by atoms with van der Waals surface area (Å²) in [6.45, 7) is 6.74. The van der Waals surface area contributed by atoms with Gasteiger partial charge in [0.05, 0.1) is 16.5 Å². The van der Waals surface area contributed by atoms with Crippen LogP contribution < -0.4 is 5.32 Å². The molecule has 0 spiro atoms. The van der Waals surface area contributed by atoms with Gasteiger partial charge in [-0.15, -0.1) is 10.2 Å². The Balaban J connectivity index is 1.80. The summed E-state index contributed by atoms with van der Waals surface area (Å²) in [5, 5.41) is 21.1. The van der Waals surface area contributed by atoms with E-state index in [-0.39, 0.29) is 5.91 Å². The highest BCUT2D eigenvalue weighted by atomic mass is 32.2. The maximum absolute atomic E-state index is 12.7. The number of benzene rings is 2. The number of nitrogens with one attached hydrogen (secondary N) is 1. The summed E-state index contributed by atoms with van der Waals surface area (Å²) >= 11 is 1.37. The molecule has 148 valence electrons. The van der Waals surface area contributed by atoms with Gasteiger partial charge in [-0.3, -0.25) is 4.79 Å². The number of carbonyl (C=O) groups excluding carboxylic acids is 1. The van der Waals surface area contributed by atoms with Gasteiger partial charge < -0.3 is 9.88 Å². The van der Waals surface area contributed by atoms with Crippen LogP contribution in [0.3, 0.4) is 0 Å². The number of anilines is 1. The second-order valence-corrected chi connectivity index (χ2v) is 8.04. The summed E-state index contributed by atoms with van der Waals surface area (Å²) in [4.78, 5) is 12.7. The second-order valence-electron chi connectivity index (χ2n) is 6.73. The van der Waals surface area contributed by atoms with Gasteiger partial charge in [0.15, 0.2) is 11.0 Å². The number of rotatable bonds is 7. The van der Waals surface area contributed by atoms with E-state index in [4.69, 9.17) is 0 Å². The molecule has 0 saturated carbocycles. The molecular formula is C22H23N5OS. The molecule has 2 aromatic carbocycles. The molecule has 1 unspecified atom stereocenters. The largest absolute Gasteiger partial charge is 0.324 e. The molecule has 0 aliphatic heterocycles. The third-order valence-electron chi connectivity index (χ3n) is 4.40. The van der Waals surface area contributed by atoms with Gasteiger partial charge in [0.1, 0.15) is 6.07 Å². The van der Waals surface area contributed by atoms with Gasteiger partial charge in [0.25, 0.3) is 0 Å². The van der Waals surface area contributed by atoms with Crippen molar-refractivity contribution in [2.45, 2.75) is 44.1 Å². The minimum Gasteiger partial charge on any atom is -0.324 e. The number of hydrogen-bond acceptors (Lipinski definition) is 5. The lowest BCUT2D eigenvalue weighted by Gasteiger charge is -2.14. The Morgan fingerprint density at radius 3 is 2.76 bits per heavy atom. The fourth-order valence-electron chi connectivity index (χ4n) is 2.93. The molecule has 0 fully saturated rings. The number of para-hydroxylation sites is 1. The number of nitrogens with zero attached hydrogens (tertiary/aromatic N) is 4. The monoisotopic (exact) mass is 405 g/mol. The van der Waals surface area contributed by atoms with Crippen LogP contribution in [-0.2, 0) is 11.3 Å². The zero-order valence-corrected chi connectivity index (χ0v) is 17.5. The Morgan fingerprint density at radius 2 is 2.03 bits per heavy atom. The van der Waals surface area contributed by atoms with Crippen LogP contribution in [0.15, 0.2) is 53.7 Å². The number of thioether (sulfide) groups is 1. The summed E-state index contributed by atoms with van der Waals surface area (Å²) in [5.74, 6) is 0.626. The van der Waals surface area contributed by atoms with Crippen LogP contribution in [0, 0.1) is 18.3 Å². The smallest absolute Gasteiger partial charge is 0.237 e. The molecule has 0 aliphatic carbocycles. The molecule has 1 heterocycles. The van der Waals surface area contributed by atoms with Crippen molar-refractivity contribution >= 4 is 23.4 Å². The molecular weight excluding hydrogens is 382 g/mol. The molecule has 0 bridgehead atoms. The quantitative estimate of drug-likeness (QED) is 0.578. The molecule has 1 atom stereocenters. The molecule has 1 aromatic heterocycles. The van der Waals surface area contributed by atoms with E-state index in [0.29, 0.717) is 16.4 Å². The predicted octanol–water partition coefficient (Wildman–Crippen LogP) is 4.65. The van der Waals surface area contributed by atoms with Gasteiger partial charge in [-0.1, -0.05) is 54.6 Å². The van der Waals surface area contributed by atoms with Crippen LogP contribution in [-0.4, -0.2) is 25.9 Å². The fraction of sp³-hybridized carbons (Fsp3) is 0.273. The topological polar surface area (TPSA) is 83.6 Å². The average molecular weight is 406 g/mol. The van der Waals surface area contributed by atoms with E-state index in [0.717, 1.165) is 29.9 Å². The summed E-state index contributed by atoms with van der Waals surface area (Å²) in [7, 11) is 0. The first-order valence-corrected chi connectivity index (χ1v) is 10.4. The van der Waals surface area contributed by atoms with Gasteiger partial charge in [0.2, 0.25) is 5.91 Å². The molecule has 3 aromatic rings. The Kier molecular flexibility index (Phi) is 6.68. The third kappa shape index (κ3) is 4.84. The van der Waals surface area contributed by atoms with Crippen molar-refractivity contribution in [2.75, 3.05) is 5.32 Å². The minimum absolute atomic E-state index is 0.180. The Hall–Kier alpha value is -3.11. The predicted molar refractivity (Wildman–Crippen MR) is 116 cm³/mol. The SMILES string of the molecule is CCCn1c(SC(C)C(=O)Nc2ccccc2C#N)nnc1-c1cccc(C)c1. The van der Waals surface area contributed by atoms with E-state index in [1.807, 2.05) is 32.0 Å². The van der Waals surface area contributed by atoms with Crippen LogP contribution in [0.4, 0.5) is 5.69 Å². The molecule has 0 saturated heterocycles. The minimum atomic E-state index is -0.396. The zero-order valence-electron chi connectivity index (χ0n) is 16.7. The number of nitriles is 1. The van der Waals surface area contributed by atoms with Crippen LogP contribution in [0.1, 0.15) is 31.4 Å². The van der Waals surface area contributed by atoms with Crippen molar-refractivity contribution in [3.63, 3.8) is 0 Å². The number of hydrogen-bond donors (Lipinski definition) is 1. The van der Waals surface area contributed by atoms with Gasteiger partial charge in [-0.2, -0.15) is 5.26 Å². The Morgan fingerprint density at radius 1 is 1.24 bits per heavy atom. The number of aromatic nitrogens is 3. The van der Waals surface area contributed by atoms with Crippen molar-refractivity contribution in [1.82, 2.24) is 14.8 Å². The first kappa shape index (κ1) is 20.6. The highest BCUT2D eigenvalue weighted by Gasteiger charge is 2.21. The summed E-state index contributed by atoms with van der Waals surface area (Å²) in [6.07, 6.45) is 0.931. The van der Waals surface area contributed by atoms with Gasteiger partial charge >= 0.3 is 0 Å². The van der Waals surface area contributed by atoms with Crippen LogP contribution >= 0.6 is 11.8 Å².